The second-order valence-corrected chi connectivity index (χ2v) is 14.6. The lowest BCUT2D eigenvalue weighted by Crippen LogP contribution is -2.11. The number of fused-ring (bicyclic) bond motifs is 1. The predicted octanol–water partition coefficient (Wildman–Crippen LogP) is 12.2. The smallest absolute Gasteiger partial charge is 0.238 e. The van der Waals surface area contributed by atoms with E-state index in [9.17, 15) is 0 Å². The van der Waals surface area contributed by atoms with Gasteiger partial charge < -0.3 is 19.2 Å². The molecule has 240 valence electrons. The van der Waals surface area contributed by atoms with Gasteiger partial charge in [0, 0.05) is 5.39 Å². The van der Waals surface area contributed by atoms with Crippen LogP contribution in [-0.2, 0) is 10.8 Å². The second kappa shape index (κ2) is 12.8. The Morgan fingerprint density at radius 1 is 0.660 bits per heavy atom. The second-order valence-electron chi connectivity index (χ2n) is 13.4. The first kappa shape index (κ1) is 32.8. The number of aromatic amines is 1. The lowest BCUT2D eigenvalue weighted by molar-refractivity contribution is 0.462. The van der Waals surface area contributed by atoms with Gasteiger partial charge in [-0.05, 0) is 63.8 Å². The van der Waals surface area contributed by atoms with Gasteiger partial charge in [-0.1, -0.05) is 137 Å². The summed E-state index contributed by atoms with van der Waals surface area (Å²) in [4.78, 5) is 7.98. The third kappa shape index (κ3) is 7.08. The highest BCUT2D eigenvalue weighted by Crippen LogP contribution is 2.43. The normalized spacial score (nSPS) is 14.6. The summed E-state index contributed by atoms with van der Waals surface area (Å²) in [6.45, 7) is 13.0. The molecule has 4 aromatic carbocycles. The number of nitrogens with one attached hydrogen (secondary N) is 1. The molecule has 5 aromatic rings. The first-order valence-corrected chi connectivity index (χ1v) is 16.4. The summed E-state index contributed by atoms with van der Waals surface area (Å²) in [7, 11) is 0. The van der Waals surface area contributed by atoms with Crippen molar-refractivity contribution in [2.24, 2.45) is 4.99 Å². The van der Waals surface area contributed by atoms with Crippen molar-refractivity contribution in [2.45, 2.75) is 52.4 Å². The highest BCUT2D eigenvalue weighted by atomic mass is 35.5. The van der Waals surface area contributed by atoms with Crippen molar-refractivity contribution in [2.75, 3.05) is 0 Å². The number of hydrogen-bond acceptors (Lipinski definition) is 4. The molecule has 0 spiro atoms. The predicted molar refractivity (Wildman–Crippen MR) is 195 cm³/mol. The first-order valence-electron chi connectivity index (χ1n) is 15.3. The van der Waals surface area contributed by atoms with Crippen LogP contribution in [0, 0.1) is 0 Å². The fourth-order valence-corrected chi connectivity index (χ4v) is 5.71. The van der Waals surface area contributed by atoms with Gasteiger partial charge in [0.15, 0.2) is 5.76 Å². The van der Waals surface area contributed by atoms with Crippen LogP contribution in [-0.4, -0.2) is 10.9 Å². The van der Waals surface area contributed by atoms with Crippen LogP contribution < -0.4 is 14.2 Å². The minimum absolute atomic E-state index is 0.00809. The van der Waals surface area contributed by atoms with Gasteiger partial charge in [0.25, 0.3) is 0 Å². The number of ether oxygens (including phenoxy) is 3. The molecule has 5 nitrogen and oxygen atoms in total. The Morgan fingerprint density at radius 2 is 1.23 bits per heavy atom. The summed E-state index contributed by atoms with van der Waals surface area (Å²) in [5.74, 6) is 2.60. The first-order chi connectivity index (χ1) is 22.3. The number of benzene rings is 4. The molecule has 0 atom stereocenters. The molecule has 0 saturated heterocycles. The van der Waals surface area contributed by atoms with E-state index in [2.05, 4.69) is 46.5 Å². The Hall–Kier alpha value is -4.16. The number of aliphatic imine (C=N–C) groups is 1. The molecule has 0 radical (unpaired) electrons. The Labute approximate surface area is 290 Å². The van der Waals surface area contributed by atoms with E-state index in [1.807, 2.05) is 91.0 Å². The molecule has 1 aromatic heterocycles. The molecular formula is C39H35Cl3N2O3. The van der Waals surface area contributed by atoms with Crippen LogP contribution in [0.3, 0.4) is 0 Å². The molecule has 1 aliphatic rings. The quantitative estimate of drug-likeness (QED) is 0.181. The highest BCUT2D eigenvalue weighted by molar-refractivity contribution is 6.44. The van der Waals surface area contributed by atoms with Gasteiger partial charge in [-0.3, -0.25) is 0 Å². The van der Waals surface area contributed by atoms with Crippen LogP contribution in [0.1, 0.15) is 58.4 Å². The molecule has 8 heteroatoms. The summed E-state index contributed by atoms with van der Waals surface area (Å²) in [5.41, 5.74) is 3.16. The van der Waals surface area contributed by atoms with Crippen molar-refractivity contribution in [3.05, 3.63) is 135 Å². The molecular weight excluding hydrogens is 651 g/mol. The standard InChI is InChI=1S/C39H35Cl3N2O3/c1-38(2,3)24-14-18-26(19-15-24)45-36-29(40)22-30(43-36)35(47-31-13-9-11-23-10-7-8-12-28(23)31)34-32(41)33(42)37(44-34)46-27-20-16-25(17-21-27)39(4,5)6/h7-22,44H,1-6H3/b35-30+. The number of halogens is 3. The van der Waals surface area contributed by atoms with Crippen molar-refractivity contribution in [1.82, 2.24) is 4.98 Å². The fraction of sp³-hybridized carbons (Fsp3) is 0.205. The Morgan fingerprint density at radius 3 is 1.85 bits per heavy atom. The molecule has 2 heterocycles. The topological polar surface area (TPSA) is 55.8 Å². The van der Waals surface area contributed by atoms with Crippen molar-refractivity contribution < 1.29 is 14.2 Å². The van der Waals surface area contributed by atoms with Crippen molar-refractivity contribution >= 4 is 57.2 Å². The summed E-state index contributed by atoms with van der Waals surface area (Å²) in [6.07, 6.45) is 1.68. The number of H-pyrrole nitrogens is 1. The van der Waals surface area contributed by atoms with Crippen LogP contribution >= 0.6 is 34.8 Å². The van der Waals surface area contributed by atoms with Gasteiger partial charge in [0.1, 0.15) is 38.7 Å². The molecule has 1 N–H and O–H groups in total. The lowest BCUT2D eigenvalue weighted by atomic mass is 9.87. The molecule has 47 heavy (non-hydrogen) atoms. The van der Waals surface area contributed by atoms with Crippen LogP contribution in [0.4, 0.5) is 0 Å². The molecule has 0 saturated carbocycles. The molecule has 0 aliphatic carbocycles. The third-order valence-electron chi connectivity index (χ3n) is 7.84. The number of aromatic nitrogens is 1. The van der Waals surface area contributed by atoms with Crippen LogP contribution in [0.2, 0.25) is 10.0 Å². The summed E-state index contributed by atoms with van der Waals surface area (Å²) >= 11 is 20.4. The van der Waals surface area contributed by atoms with Crippen molar-refractivity contribution in [1.29, 1.82) is 0 Å². The monoisotopic (exact) mass is 684 g/mol. The molecule has 0 amide bonds. The van der Waals surface area contributed by atoms with E-state index in [0.29, 0.717) is 39.4 Å². The molecule has 0 bridgehead atoms. The molecule has 0 unspecified atom stereocenters. The Bertz CT molecular complexity index is 2040. The zero-order chi connectivity index (χ0) is 33.5. The maximum Gasteiger partial charge on any atom is 0.238 e. The molecule has 0 fully saturated rings. The maximum atomic E-state index is 6.89. The average molecular weight is 686 g/mol. The van der Waals surface area contributed by atoms with Crippen molar-refractivity contribution in [3.8, 4) is 23.1 Å². The largest absolute Gasteiger partial charge is 0.452 e. The number of allylic oxidation sites excluding steroid dienone is 1. The van der Waals surface area contributed by atoms with Gasteiger partial charge in [-0.2, -0.15) is 0 Å². The maximum absolute atomic E-state index is 6.89. The van der Waals surface area contributed by atoms with Crippen LogP contribution in [0.25, 0.3) is 16.5 Å². The van der Waals surface area contributed by atoms with E-state index in [0.717, 1.165) is 10.8 Å². The minimum Gasteiger partial charge on any atom is -0.452 e. The van der Waals surface area contributed by atoms with E-state index in [1.165, 1.54) is 11.1 Å². The summed E-state index contributed by atoms with van der Waals surface area (Å²) < 4.78 is 18.9. The number of hydrogen-bond donors (Lipinski definition) is 1. The molecule has 1 aliphatic heterocycles. The Kier molecular flexibility index (Phi) is 8.92. The van der Waals surface area contributed by atoms with Gasteiger partial charge in [-0.15, -0.1) is 0 Å². The van der Waals surface area contributed by atoms with E-state index < -0.39 is 0 Å². The zero-order valence-electron chi connectivity index (χ0n) is 27.0. The van der Waals surface area contributed by atoms with E-state index in [4.69, 9.17) is 54.0 Å². The summed E-state index contributed by atoms with van der Waals surface area (Å²) in [6, 6.07) is 29.5. The van der Waals surface area contributed by atoms with Gasteiger partial charge in [-0.25, -0.2) is 4.99 Å². The number of nitrogens with zero attached hydrogens (tertiary/aromatic N) is 1. The summed E-state index contributed by atoms with van der Waals surface area (Å²) in [5, 5.41) is 2.64. The molecule has 6 rings (SSSR count). The van der Waals surface area contributed by atoms with Gasteiger partial charge >= 0.3 is 0 Å². The van der Waals surface area contributed by atoms with Crippen molar-refractivity contribution in [3.63, 3.8) is 0 Å². The van der Waals surface area contributed by atoms with E-state index >= 15 is 0 Å². The van der Waals surface area contributed by atoms with Gasteiger partial charge in [0.05, 0.1) is 5.02 Å². The SMILES string of the molecule is CC(C)(C)c1ccc(OC2=N/C(=C(/Oc3cccc4ccccc34)c3[nH]c(Oc4ccc(C(C)(C)C)cc4)c(Cl)c3Cl)C=C2Cl)cc1. The third-order valence-corrected chi connectivity index (χ3v) is 8.94. The zero-order valence-corrected chi connectivity index (χ0v) is 29.3. The van der Waals surface area contributed by atoms with Crippen LogP contribution in [0.5, 0.6) is 23.1 Å². The number of rotatable bonds is 6. The van der Waals surface area contributed by atoms with Crippen LogP contribution in [0.15, 0.2) is 113 Å². The highest BCUT2D eigenvalue weighted by Gasteiger charge is 2.27. The van der Waals surface area contributed by atoms with E-state index in [-0.39, 0.29) is 32.7 Å². The minimum atomic E-state index is 0.00809. The van der Waals surface area contributed by atoms with E-state index in [1.54, 1.807) is 6.08 Å². The average Bonchev–Trinajstić information content (AvgIpc) is 3.53. The Balaban J connectivity index is 1.41. The fourth-order valence-electron chi connectivity index (χ4n) is 5.13. The lowest BCUT2D eigenvalue weighted by Gasteiger charge is -2.19. The van der Waals surface area contributed by atoms with Gasteiger partial charge in [0.2, 0.25) is 11.8 Å².